The molecule has 6 nitrogen and oxygen atoms in total. The molecule has 0 atom stereocenters. The molecule has 2 heterocycles. The van der Waals surface area contributed by atoms with Crippen molar-refractivity contribution < 1.29 is 9.53 Å². The van der Waals surface area contributed by atoms with E-state index in [2.05, 4.69) is 26.6 Å². The number of nitrogens with zero attached hydrogens (tertiary/aromatic N) is 2. The molecule has 1 aromatic rings. The quantitative estimate of drug-likeness (QED) is 0.711. The standard InChI is InChI=1S/C19H28N4O2/c24-19(22-17-6-7-17)21-9-2-5-13-25-18-14-16(8-10-20-18)15-23-11-3-1-4-12-23/h2,5,8,10,14,17H,1,3-4,6-7,9,11-13,15H2,(H2,21,22,24). The average Bonchev–Trinajstić information content (AvgIpc) is 3.43. The van der Waals surface area contributed by atoms with E-state index in [4.69, 9.17) is 4.74 Å². The van der Waals surface area contributed by atoms with Gasteiger partial charge >= 0.3 is 6.03 Å². The summed E-state index contributed by atoms with van der Waals surface area (Å²) in [6, 6.07) is 4.36. The van der Waals surface area contributed by atoms with Crippen LogP contribution in [0.1, 0.15) is 37.7 Å². The van der Waals surface area contributed by atoms with Crippen molar-refractivity contribution >= 4 is 6.03 Å². The second kappa shape index (κ2) is 9.42. The molecule has 6 heteroatoms. The number of aromatic nitrogens is 1. The van der Waals surface area contributed by atoms with Crippen molar-refractivity contribution in [2.24, 2.45) is 0 Å². The van der Waals surface area contributed by atoms with Gasteiger partial charge in [-0.2, -0.15) is 0 Å². The van der Waals surface area contributed by atoms with Crippen molar-refractivity contribution in [2.45, 2.75) is 44.7 Å². The molecule has 2 fully saturated rings. The number of carbonyl (C=O) groups excluding carboxylic acids is 1. The average molecular weight is 344 g/mol. The van der Waals surface area contributed by atoms with E-state index >= 15 is 0 Å². The van der Waals surface area contributed by atoms with Gasteiger partial charge < -0.3 is 15.4 Å². The fourth-order valence-electron chi connectivity index (χ4n) is 2.90. The maximum absolute atomic E-state index is 11.4. The molecule has 1 aliphatic carbocycles. The molecule has 1 aromatic heterocycles. The van der Waals surface area contributed by atoms with Crippen LogP contribution in [-0.2, 0) is 6.54 Å². The number of nitrogens with one attached hydrogen (secondary N) is 2. The van der Waals surface area contributed by atoms with Gasteiger partial charge in [0, 0.05) is 31.4 Å². The number of hydrogen-bond acceptors (Lipinski definition) is 4. The number of hydrogen-bond donors (Lipinski definition) is 2. The first kappa shape index (κ1) is 17.7. The molecule has 1 aliphatic heterocycles. The number of pyridine rings is 1. The second-order valence-electron chi connectivity index (χ2n) is 6.75. The zero-order valence-electron chi connectivity index (χ0n) is 14.7. The van der Waals surface area contributed by atoms with Gasteiger partial charge in [-0.05, 0) is 56.5 Å². The molecular weight excluding hydrogens is 316 g/mol. The number of amides is 2. The molecular formula is C19H28N4O2. The van der Waals surface area contributed by atoms with Gasteiger partial charge in [0.1, 0.15) is 6.61 Å². The molecule has 0 unspecified atom stereocenters. The summed E-state index contributed by atoms with van der Waals surface area (Å²) in [4.78, 5) is 18.2. The summed E-state index contributed by atoms with van der Waals surface area (Å²) in [6.07, 6.45) is 11.7. The first-order chi connectivity index (χ1) is 12.3. The molecule has 1 saturated heterocycles. The fraction of sp³-hybridized carbons (Fsp3) is 0.579. The third-order valence-corrected chi connectivity index (χ3v) is 4.44. The van der Waals surface area contributed by atoms with Crippen molar-refractivity contribution in [3.8, 4) is 5.88 Å². The molecule has 0 bridgehead atoms. The highest BCUT2D eigenvalue weighted by molar-refractivity contribution is 5.74. The molecule has 0 radical (unpaired) electrons. The lowest BCUT2D eigenvalue weighted by Gasteiger charge is -2.26. The third-order valence-electron chi connectivity index (χ3n) is 4.44. The van der Waals surface area contributed by atoms with E-state index in [1.165, 1.54) is 37.9 Å². The minimum Gasteiger partial charge on any atom is -0.473 e. The van der Waals surface area contributed by atoms with E-state index < -0.39 is 0 Å². The van der Waals surface area contributed by atoms with E-state index in [9.17, 15) is 4.79 Å². The van der Waals surface area contributed by atoms with E-state index in [1.807, 2.05) is 24.4 Å². The zero-order chi connectivity index (χ0) is 17.3. The van der Waals surface area contributed by atoms with Gasteiger partial charge in [-0.3, -0.25) is 4.90 Å². The van der Waals surface area contributed by atoms with E-state index in [0.29, 0.717) is 25.1 Å². The number of carbonyl (C=O) groups is 1. The van der Waals surface area contributed by atoms with Crippen LogP contribution in [0.5, 0.6) is 5.88 Å². The van der Waals surface area contributed by atoms with Crippen LogP contribution in [0.4, 0.5) is 4.79 Å². The minimum absolute atomic E-state index is 0.0971. The largest absolute Gasteiger partial charge is 0.473 e. The first-order valence-electron chi connectivity index (χ1n) is 9.29. The first-order valence-corrected chi connectivity index (χ1v) is 9.29. The Morgan fingerprint density at radius 1 is 1.28 bits per heavy atom. The summed E-state index contributed by atoms with van der Waals surface area (Å²) in [5, 5.41) is 5.67. The lowest BCUT2D eigenvalue weighted by Crippen LogP contribution is -2.36. The highest BCUT2D eigenvalue weighted by atomic mass is 16.5. The summed E-state index contributed by atoms with van der Waals surface area (Å²) >= 11 is 0. The van der Waals surface area contributed by atoms with Gasteiger partial charge in [-0.25, -0.2) is 9.78 Å². The summed E-state index contributed by atoms with van der Waals surface area (Å²) in [5.41, 5.74) is 1.24. The van der Waals surface area contributed by atoms with Gasteiger partial charge in [0.05, 0.1) is 0 Å². The van der Waals surface area contributed by atoms with E-state index in [-0.39, 0.29) is 6.03 Å². The molecule has 2 aliphatic rings. The monoisotopic (exact) mass is 344 g/mol. The number of likely N-dealkylation sites (tertiary alicyclic amines) is 1. The Kier molecular flexibility index (Phi) is 6.68. The van der Waals surface area contributed by atoms with Crippen LogP contribution in [-0.4, -0.2) is 48.2 Å². The van der Waals surface area contributed by atoms with Gasteiger partial charge in [0.2, 0.25) is 5.88 Å². The molecule has 136 valence electrons. The predicted molar refractivity (Wildman–Crippen MR) is 97.6 cm³/mol. The molecule has 0 aromatic carbocycles. The van der Waals surface area contributed by atoms with Crippen LogP contribution in [0.2, 0.25) is 0 Å². The normalized spacial score (nSPS) is 18.2. The third kappa shape index (κ3) is 6.74. The lowest BCUT2D eigenvalue weighted by molar-refractivity contribution is 0.220. The highest BCUT2D eigenvalue weighted by Gasteiger charge is 2.22. The summed E-state index contributed by atoms with van der Waals surface area (Å²) < 4.78 is 5.67. The summed E-state index contributed by atoms with van der Waals surface area (Å²) in [6.45, 7) is 4.29. The lowest BCUT2D eigenvalue weighted by atomic mass is 10.1. The molecule has 2 amide bonds. The molecule has 3 rings (SSSR count). The molecule has 2 N–H and O–H groups in total. The number of ether oxygens (including phenoxy) is 1. The van der Waals surface area contributed by atoms with Crippen LogP contribution in [0.25, 0.3) is 0 Å². The van der Waals surface area contributed by atoms with Crippen molar-refractivity contribution in [2.75, 3.05) is 26.2 Å². The van der Waals surface area contributed by atoms with Crippen LogP contribution in [0, 0.1) is 0 Å². The Morgan fingerprint density at radius 2 is 2.12 bits per heavy atom. The minimum atomic E-state index is -0.0971. The van der Waals surface area contributed by atoms with Crippen molar-refractivity contribution in [3.05, 3.63) is 36.0 Å². The number of piperidine rings is 1. The second-order valence-corrected chi connectivity index (χ2v) is 6.75. The topological polar surface area (TPSA) is 66.5 Å². The van der Waals surface area contributed by atoms with Gasteiger partial charge in [-0.15, -0.1) is 0 Å². The van der Waals surface area contributed by atoms with E-state index in [0.717, 1.165) is 19.4 Å². The Labute approximate surface area is 149 Å². The smallest absolute Gasteiger partial charge is 0.315 e. The maximum Gasteiger partial charge on any atom is 0.315 e. The van der Waals surface area contributed by atoms with E-state index in [1.54, 1.807) is 0 Å². The number of urea groups is 1. The SMILES string of the molecule is O=C(NCC=CCOc1cc(CN2CCCCC2)ccn1)NC1CC1. The van der Waals surface area contributed by atoms with Crippen LogP contribution in [0.15, 0.2) is 30.5 Å². The summed E-state index contributed by atoms with van der Waals surface area (Å²) in [5.74, 6) is 0.651. The van der Waals surface area contributed by atoms with Crippen molar-refractivity contribution in [1.29, 1.82) is 0 Å². The fourth-order valence-corrected chi connectivity index (χ4v) is 2.90. The zero-order valence-corrected chi connectivity index (χ0v) is 14.7. The van der Waals surface area contributed by atoms with Crippen molar-refractivity contribution in [3.63, 3.8) is 0 Å². The molecule has 0 spiro atoms. The Bertz CT molecular complexity index is 581. The van der Waals surface area contributed by atoms with Gasteiger partial charge in [0.15, 0.2) is 0 Å². The highest BCUT2D eigenvalue weighted by Crippen LogP contribution is 2.18. The van der Waals surface area contributed by atoms with Crippen LogP contribution < -0.4 is 15.4 Å². The summed E-state index contributed by atoms with van der Waals surface area (Å²) in [7, 11) is 0. The van der Waals surface area contributed by atoms with Crippen LogP contribution in [0.3, 0.4) is 0 Å². The number of rotatable bonds is 8. The Hall–Kier alpha value is -2.08. The van der Waals surface area contributed by atoms with Gasteiger partial charge in [-0.1, -0.05) is 12.5 Å². The van der Waals surface area contributed by atoms with Gasteiger partial charge in [0.25, 0.3) is 0 Å². The van der Waals surface area contributed by atoms with Crippen molar-refractivity contribution in [1.82, 2.24) is 20.5 Å². The van der Waals surface area contributed by atoms with Crippen LogP contribution >= 0.6 is 0 Å². The Morgan fingerprint density at radius 3 is 2.92 bits per heavy atom. The molecule has 25 heavy (non-hydrogen) atoms. The predicted octanol–water partition coefficient (Wildman–Crippen LogP) is 2.46. The maximum atomic E-state index is 11.4. The molecule has 1 saturated carbocycles. The Balaban J connectivity index is 1.33.